The smallest absolute Gasteiger partial charge is 0.327 e. The molecule has 0 bridgehead atoms. The van der Waals surface area contributed by atoms with Crippen LogP contribution in [-0.2, 0) is 9.53 Å². The summed E-state index contributed by atoms with van der Waals surface area (Å²) in [5, 5.41) is 3.36. The number of hydrogen-bond donors (Lipinski definition) is 1. The second kappa shape index (κ2) is 9.32. The second-order valence-corrected chi connectivity index (χ2v) is 5.54. The van der Waals surface area contributed by atoms with Crippen molar-refractivity contribution in [3.8, 4) is 0 Å². The Morgan fingerprint density at radius 1 is 1.26 bits per heavy atom. The van der Waals surface area contributed by atoms with Crippen LogP contribution in [0.5, 0.6) is 0 Å². The van der Waals surface area contributed by atoms with E-state index in [0.29, 0.717) is 19.2 Å². The molecule has 114 valence electrons. The summed E-state index contributed by atoms with van der Waals surface area (Å²) in [6, 6.07) is 0.428. The summed E-state index contributed by atoms with van der Waals surface area (Å²) in [4.78, 5) is 14.6. The van der Waals surface area contributed by atoms with Crippen molar-refractivity contribution >= 4 is 5.97 Å². The maximum atomic E-state index is 12.2. The van der Waals surface area contributed by atoms with Crippen LogP contribution in [0.25, 0.3) is 0 Å². The van der Waals surface area contributed by atoms with Gasteiger partial charge in [-0.05, 0) is 53.6 Å². The average Bonchev–Trinajstić information content (AvgIpc) is 2.36. The SMILES string of the molecule is CCCNC(C)(CN(CCC)C(C)C)C(=O)OCC. The lowest BCUT2D eigenvalue weighted by molar-refractivity contribution is -0.151. The highest BCUT2D eigenvalue weighted by Gasteiger charge is 2.36. The van der Waals surface area contributed by atoms with Gasteiger partial charge < -0.3 is 10.1 Å². The zero-order valence-electron chi connectivity index (χ0n) is 13.6. The highest BCUT2D eigenvalue weighted by Crippen LogP contribution is 2.13. The first-order valence-electron chi connectivity index (χ1n) is 7.57. The number of nitrogens with zero attached hydrogens (tertiary/aromatic N) is 1. The lowest BCUT2D eigenvalue weighted by Gasteiger charge is -2.36. The van der Waals surface area contributed by atoms with Gasteiger partial charge >= 0.3 is 5.97 Å². The van der Waals surface area contributed by atoms with Gasteiger partial charge in [-0.1, -0.05) is 13.8 Å². The lowest BCUT2D eigenvalue weighted by atomic mass is 10.0. The van der Waals surface area contributed by atoms with Crippen molar-refractivity contribution in [3.63, 3.8) is 0 Å². The standard InChI is InChI=1S/C15H32N2O2/c1-7-10-16-15(6,14(18)19-9-3)12-17(11-8-2)13(4)5/h13,16H,7-12H2,1-6H3. The molecule has 0 saturated carbocycles. The molecule has 0 rings (SSSR count). The Hall–Kier alpha value is -0.610. The van der Waals surface area contributed by atoms with E-state index in [-0.39, 0.29) is 5.97 Å². The van der Waals surface area contributed by atoms with Crippen LogP contribution < -0.4 is 5.32 Å². The topological polar surface area (TPSA) is 41.6 Å². The summed E-state index contributed by atoms with van der Waals surface area (Å²) in [5.41, 5.74) is -0.620. The molecular formula is C15H32N2O2. The molecule has 0 spiro atoms. The van der Waals surface area contributed by atoms with E-state index in [1.807, 2.05) is 13.8 Å². The molecule has 0 saturated heterocycles. The van der Waals surface area contributed by atoms with Crippen molar-refractivity contribution in [2.24, 2.45) is 0 Å². The molecule has 0 aliphatic heterocycles. The molecule has 0 aromatic carbocycles. The van der Waals surface area contributed by atoms with E-state index in [1.54, 1.807) is 0 Å². The molecule has 0 aromatic rings. The number of nitrogens with one attached hydrogen (secondary N) is 1. The minimum atomic E-state index is -0.620. The molecular weight excluding hydrogens is 240 g/mol. The fourth-order valence-electron chi connectivity index (χ4n) is 2.10. The summed E-state index contributed by atoms with van der Waals surface area (Å²) >= 11 is 0. The fourth-order valence-corrected chi connectivity index (χ4v) is 2.10. The van der Waals surface area contributed by atoms with Crippen LogP contribution in [0.4, 0.5) is 0 Å². The van der Waals surface area contributed by atoms with Crippen molar-refractivity contribution in [2.75, 3.05) is 26.2 Å². The number of esters is 1. The summed E-state index contributed by atoms with van der Waals surface area (Å²) in [7, 11) is 0. The van der Waals surface area contributed by atoms with Gasteiger partial charge in [0.1, 0.15) is 5.54 Å². The normalized spacial score (nSPS) is 14.7. The fraction of sp³-hybridized carbons (Fsp3) is 0.933. The first kappa shape index (κ1) is 18.4. The lowest BCUT2D eigenvalue weighted by Crippen LogP contribution is -2.58. The number of hydrogen-bond acceptors (Lipinski definition) is 4. The number of ether oxygens (including phenoxy) is 1. The highest BCUT2D eigenvalue weighted by atomic mass is 16.5. The van der Waals surface area contributed by atoms with E-state index < -0.39 is 5.54 Å². The zero-order valence-corrected chi connectivity index (χ0v) is 13.6. The van der Waals surface area contributed by atoms with Gasteiger partial charge in [-0.3, -0.25) is 9.69 Å². The Kier molecular flexibility index (Phi) is 9.02. The van der Waals surface area contributed by atoms with Crippen LogP contribution in [0, 0.1) is 0 Å². The number of rotatable bonds is 10. The van der Waals surface area contributed by atoms with Crippen LogP contribution in [0.15, 0.2) is 0 Å². The van der Waals surface area contributed by atoms with Crippen molar-refractivity contribution in [2.45, 2.75) is 66.0 Å². The van der Waals surface area contributed by atoms with E-state index in [1.165, 1.54) is 0 Å². The minimum absolute atomic E-state index is 0.148. The Balaban J connectivity index is 4.84. The van der Waals surface area contributed by atoms with Crippen LogP contribution in [0.2, 0.25) is 0 Å². The minimum Gasteiger partial charge on any atom is -0.465 e. The molecule has 0 amide bonds. The summed E-state index contributed by atoms with van der Waals surface area (Å²) < 4.78 is 5.23. The third kappa shape index (κ3) is 6.39. The molecule has 19 heavy (non-hydrogen) atoms. The maximum absolute atomic E-state index is 12.2. The molecule has 0 aliphatic carbocycles. The predicted octanol–water partition coefficient (Wildman–Crippen LogP) is 2.43. The van der Waals surface area contributed by atoms with Crippen molar-refractivity contribution in [1.29, 1.82) is 0 Å². The van der Waals surface area contributed by atoms with Crippen molar-refractivity contribution in [1.82, 2.24) is 10.2 Å². The van der Waals surface area contributed by atoms with Gasteiger partial charge in [-0.15, -0.1) is 0 Å². The maximum Gasteiger partial charge on any atom is 0.327 e. The van der Waals surface area contributed by atoms with Gasteiger partial charge in [0.15, 0.2) is 0 Å². The van der Waals surface area contributed by atoms with E-state index in [0.717, 1.165) is 25.9 Å². The number of carbonyl (C=O) groups excluding carboxylic acids is 1. The molecule has 0 heterocycles. The van der Waals surface area contributed by atoms with E-state index >= 15 is 0 Å². The Morgan fingerprint density at radius 3 is 2.32 bits per heavy atom. The van der Waals surface area contributed by atoms with Gasteiger partial charge in [0.25, 0.3) is 0 Å². The Labute approximate surface area is 118 Å². The van der Waals surface area contributed by atoms with Crippen LogP contribution >= 0.6 is 0 Å². The summed E-state index contributed by atoms with van der Waals surface area (Å²) in [5.74, 6) is -0.148. The third-order valence-corrected chi connectivity index (χ3v) is 3.25. The molecule has 1 unspecified atom stereocenters. The van der Waals surface area contributed by atoms with Gasteiger partial charge in [0.05, 0.1) is 6.61 Å². The molecule has 0 aromatic heterocycles. The van der Waals surface area contributed by atoms with Crippen molar-refractivity contribution < 1.29 is 9.53 Å². The van der Waals surface area contributed by atoms with Gasteiger partial charge in [-0.2, -0.15) is 0 Å². The Morgan fingerprint density at radius 2 is 1.89 bits per heavy atom. The van der Waals surface area contributed by atoms with Gasteiger partial charge in [-0.25, -0.2) is 0 Å². The van der Waals surface area contributed by atoms with Crippen LogP contribution in [-0.4, -0.2) is 48.7 Å². The average molecular weight is 272 g/mol. The van der Waals surface area contributed by atoms with Crippen LogP contribution in [0.3, 0.4) is 0 Å². The van der Waals surface area contributed by atoms with E-state index in [9.17, 15) is 4.79 Å². The summed E-state index contributed by atoms with van der Waals surface area (Å²) in [6.45, 7) is 15.3. The third-order valence-electron chi connectivity index (χ3n) is 3.25. The summed E-state index contributed by atoms with van der Waals surface area (Å²) in [6.07, 6.45) is 2.09. The zero-order chi connectivity index (χ0) is 14.9. The molecule has 0 fully saturated rings. The second-order valence-electron chi connectivity index (χ2n) is 5.54. The largest absolute Gasteiger partial charge is 0.465 e. The first-order valence-corrected chi connectivity index (χ1v) is 7.57. The van der Waals surface area contributed by atoms with Crippen molar-refractivity contribution in [3.05, 3.63) is 0 Å². The van der Waals surface area contributed by atoms with E-state index in [2.05, 4.69) is 37.9 Å². The predicted molar refractivity (Wildman–Crippen MR) is 80.3 cm³/mol. The number of carbonyl (C=O) groups is 1. The van der Waals surface area contributed by atoms with Crippen LogP contribution in [0.1, 0.15) is 54.4 Å². The molecule has 1 atom stereocenters. The quantitative estimate of drug-likeness (QED) is 0.620. The molecule has 0 aliphatic rings. The molecule has 4 nitrogen and oxygen atoms in total. The first-order chi connectivity index (χ1) is 8.91. The van der Waals surface area contributed by atoms with Gasteiger partial charge in [0.2, 0.25) is 0 Å². The monoisotopic (exact) mass is 272 g/mol. The molecule has 4 heteroatoms. The van der Waals surface area contributed by atoms with Gasteiger partial charge in [0, 0.05) is 12.6 Å². The molecule has 0 radical (unpaired) electrons. The highest BCUT2D eigenvalue weighted by molar-refractivity contribution is 5.80. The molecule has 1 N–H and O–H groups in total. The van der Waals surface area contributed by atoms with E-state index in [4.69, 9.17) is 4.74 Å². The Bertz CT molecular complexity index is 257.